The molecule has 0 aromatic heterocycles. The molecule has 0 heterocycles. The number of carboxylic acid groups (broad SMARTS) is 1. The molecule has 1 aromatic rings. The summed E-state index contributed by atoms with van der Waals surface area (Å²) in [5, 5.41) is 9.81. The predicted molar refractivity (Wildman–Crippen MR) is 73.7 cm³/mol. The summed E-state index contributed by atoms with van der Waals surface area (Å²) in [5.41, 5.74) is 2.28. The lowest BCUT2D eigenvalue weighted by molar-refractivity contribution is -0.142. The topological polar surface area (TPSA) is 54.4 Å². The van der Waals surface area contributed by atoms with Crippen LogP contribution in [0.5, 0.6) is 0 Å². The van der Waals surface area contributed by atoms with Crippen molar-refractivity contribution in [1.29, 1.82) is 0 Å². The molecule has 1 aliphatic carbocycles. The highest BCUT2D eigenvalue weighted by Crippen LogP contribution is 2.35. The number of carbonyl (C=O) groups excluding carboxylic acids is 1. The lowest BCUT2D eigenvalue weighted by atomic mass is 9.86. The van der Waals surface area contributed by atoms with Crippen molar-refractivity contribution >= 4 is 23.4 Å². The number of halogens is 1. The predicted octanol–water partition coefficient (Wildman–Crippen LogP) is 3.64. The second-order valence-corrected chi connectivity index (χ2v) is 5.67. The average Bonchev–Trinajstić information content (AvgIpc) is 2.82. The number of ketones is 1. The van der Waals surface area contributed by atoms with Crippen LogP contribution >= 0.6 is 11.6 Å². The molecule has 1 fully saturated rings. The second kappa shape index (κ2) is 5.33. The third-order valence-corrected chi connectivity index (χ3v) is 4.35. The van der Waals surface area contributed by atoms with Gasteiger partial charge in [0.25, 0.3) is 0 Å². The molecule has 102 valence electrons. The highest BCUT2D eigenvalue weighted by atomic mass is 35.5. The van der Waals surface area contributed by atoms with Gasteiger partial charge in [0.15, 0.2) is 5.78 Å². The SMILES string of the molecule is Cc1cc(C(=O)C2CCCC2C(=O)O)c(C)cc1Cl. The number of hydrogen-bond donors (Lipinski definition) is 1. The summed E-state index contributed by atoms with van der Waals surface area (Å²) in [6.07, 6.45) is 2.06. The Balaban J connectivity index is 2.34. The van der Waals surface area contributed by atoms with Crippen LogP contribution < -0.4 is 0 Å². The number of Topliss-reactive ketones (excluding diaryl/α,β-unsaturated/α-hetero) is 1. The zero-order chi connectivity index (χ0) is 14.2. The van der Waals surface area contributed by atoms with Crippen LogP contribution in [0.2, 0.25) is 5.02 Å². The summed E-state index contributed by atoms with van der Waals surface area (Å²) in [5.74, 6) is -1.85. The third-order valence-electron chi connectivity index (χ3n) is 3.94. The van der Waals surface area contributed by atoms with Crippen LogP contribution in [0.25, 0.3) is 0 Å². The second-order valence-electron chi connectivity index (χ2n) is 5.26. The Morgan fingerprint density at radius 2 is 1.79 bits per heavy atom. The highest BCUT2D eigenvalue weighted by molar-refractivity contribution is 6.31. The van der Waals surface area contributed by atoms with Gasteiger partial charge in [-0.05, 0) is 49.9 Å². The van der Waals surface area contributed by atoms with Crippen LogP contribution in [0, 0.1) is 25.7 Å². The fraction of sp³-hybridized carbons (Fsp3) is 0.467. The minimum absolute atomic E-state index is 0.0535. The number of aliphatic carboxylic acids is 1. The van der Waals surface area contributed by atoms with Gasteiger partial charge in [0.2, 0.25) is 0 Å². The molecule has 1 saturated carbocycles. The highest BCUT2D eigenvalue weighted by Gasteiger charge is 2.38. The van der Waals surface area contributed by atoms with Crippen LogP contribution in [0.1, 0.15) is 40.7 Å². The molecule has 1 aromatic carbocycles. The van der Waals surface area contributed by atoms with E-state index in [9.17, 15) is 14.7 Å². The Morgan fingerprint density at radius 1 is 1.16 bits per heavy atom. The molecule has 2 rings (SSSR count). The van der Waals surface area contributed by atoms with E-state index >= 15 is 0 Å². The first kappa shape index (κ1) is 14.1. The molecule has 2 atom stereocenters. The first-order valence-corrected chi connectivity index (χ1v) is 6.83. The monoisotopic (exact) mass is 280 g/mol. The van der Waals surface area contributed by atoms with E-state index in [-0.39, 0.29) is 5.78 Å². The van der Waals surface area contributed by atoms with Crippen molar-refractivity contribution in [2.24, 2.45) is 11.8 Å². The Labute approximate surface area is 117 Å². The molecule has 0 bridgehead atoms. The van der Waals surface area contributed by atoms with Crippen LogP contribution in [0.4, 0.5) is 0 Å². The molecule has 4 heteroatoms. The molecule has 0 radical (unpaired) electrons. The number of carboxylic acids is 1. The Morgan fingerprint density at radius 3 is 2.42 bits per heavy atom. The van der Waals surface area contributed by atoms with Crippen molar-refractivity contribution in [3.8, 4) is 0 Å². The summed E-state index contributed by atoms with van der Waals surface area (Å²) < 4.78 is 0. The van der Waals surface area contributed by atoms with Crippen LogP contribution in [0.3, 0.4) is 0 Å². The van der Waals surface area contributed by atoms with E-state index in [0.717, 1.165) is 17.5 Å². The van der Waals surface area contributed by atoms with Crippen molar-refractivity contribution < 1.29 is 14.7 Å². The van der Waals surface area contributed by atoms with Crippen LogP contribution in [-0.4, -0.2) is 16.9 Å². The summed E-state index contributed by atoms with van der Waals surface area (Å²) in [6, 6.07) is 3.55. The molecule has 0 spiro atoms. The van der Waals surface area contributed by atoms with E-state index < -0.39 is 17.8 Å². The molecule has 1 N–H and O–H groups in total. The largest absolute Gasteiger partial charge is 0.481 e. The summed E-state index contributed by atoms with van der Waals surface area (Å²) >= 11 is 6.02. The first-order valence-electron chi connectivity index (χ1n) is 6.45. The van der Waals surface area contributed by atoms with E-state index in [1.165, 1.54) is 0 Å². The fourth-order valence-corrected chi connectivity index (χ4v) is 3.03. The summed E-state index contributed by atoms with van der Waals surface area (Å²) in [6.45, 7) is 3.69. The Hall–Kier alpha value is -1.35. The molecular weight excluding hydrogens is 264 g/mol. The standard InChI is InChI=1S/C15H17ClO3/c1-8-7-13(16)9(2)6-12(8)14(17)10-4-3-5-11(10)15(18)19/h6-7,10-11H,3-5H2,1-2H3,(H,18,19). The molecule has 19 heavy (non-hydrogen) atoms. The molecule has 1 aliphatic rings. The Kier molecular flexibility index (Phi) is 3.95. The zero-order valence-electron chi connectivity index (χ0n) is 11.1. The average molecular weight is 281 g/mol. The van der Waals surface area contributed by atoms with Gasteiger partial charge < -0.3 is 5.11 Å². The fourth-order valence-electron chi connectivity index (χ4n) is 2.82. The molecule has 3 nitrogen and oxygen atoms in total. The maximum absolute atomic E-state index is 12.5. The van der Waals surface area contributed by atoms with Gasteiger partial charge in [-0.25, -0.2) is 0 Å². The van der Waals surface area contributed by atoms with Crippen molar-refractivity contribution in [2.75, 3.05) is 0 Å². The summed E-state index contributed by atoms with van der Waals surface area (Å²) in [4.78, 5) is 23.7. The van der Waals surface area contributed by atoms with Gasteiger partial charge in [-0.2, -0.15) is 0 Å². The number of rotatable bonds is 3. The minimum atomic E-state index is -0.862. The van der Waals surface area contributed by atoms with Gasteiger partial charge in [-0.1, -0.05) is 18.0 Å². The minimum Gasteiger partial charge on any atom is -0.481 e. The van der Waals surface area contributed by atoms with Gasteiger partial charge in [-0.3, -0.25) is 9.59 Å². The normalized spacial score (nSPS) is 22.5. The van der Waals surface area contributed by atoms with E-state index in [2.05, 4.69) is 0 Å². The van der Waals surface area contributed by atoms with Crippen LogP contribution in [0.15, 0.2) is 12.1 Å². The van der Waals surface area contributed by atoms with Gasteiger partial charge in [0.1, 0.15) is 0 Å². The molecule has 0 saturated heterocycles. The van der Waals surface area contributed by atoms with E-state index in [1.54, 1.807) is 12.1 Å². The van der Waals surface area contributed by atoms with Crippen molar-refractivity contribution in [3.05, 3.63) is 33.8 Å². The van der Waals surface area contributed by atoms with E-state index in [1.807, 2.05) is 13.8 Å². The van der Waals surface area contributed by atoms with Gasteiger partial charge >= 0.3 is 5.97 Å². The lowest BCUT2D eigenvalue weighted by Crippen LogP contribution is -2.26. The van der Waals surface area contributed by atoms with Crippen LogP contribution in [-0.2, 0) is 4.79 Å². The van der Waals surface area contributed by atoms with Gasteiger partial charge in [-0.15, -0.1) is 0 Å². The zero-order valence-corrected chi connectivity index (χ0v) is 11.8. The maximum Gasteiger partial charge on any atom is 0.307 e. The number of carbonyl (C=O) groups is 2. The van der Waals surface area contributed by atoms with E-state index in [0.29, 0.717) is 23.4 Å². The molecular formula is C15H17ClO3. The van der Waals surface area contributed by atoms with Gasteiger partial charge in [0, 0.05) is 16.5 Å². The molecule has 0 aliphatic heterocycles. The first-order chi connectivity index (χ1) is 8.91. The van der Waals surface area contributed by atoms with Crippen molar-refractivity contribution in [3.63, 3.8) is 0 Å². The number of benzene rings is 1. The third kappa shape index (κ3) is 2.66. The summed E-state index contributed by atoms with van der Waals surface area (Å²) in [7, 11) is 0. The van der Waals surface area contributed by atoms with Crippen molar-refractivity contribution in [2.45, 2.75) is 33.1 Å². The molecule has 0 amide bonds. The van der Waals surface area contributed by atoms with Crippen molar-refractivity contribution in [1.82, 2.24) is 0 Å². The number of hydrogen-bond acceptors (Lipinski definition) is 2. The smallest absolute Gasteiger partial charge is 0.307 e. The Bertz CT molecular complexity index is 536. The quantitative estimate of drug-likeness (QED) is 0.860. The van der Waals surface area contributed by atoms with Gasteiger partial charge in [0.05, 0.1) is 5.92 Å². The maximum atomic E-state index is 12.5. The number of aryl methyl sites for hydroxylation is 2. The lowest BCUT2D eigenvalue weighted by Gasteiger charge is -2.16. The molecule has 2 unspecified atom stereocenters. The van der Waals surface area contributed by atoms with E-state index in [4.69, 9.17) is 11.6 Å².